The van der Waals surface area contributed by atoms with Crippen LogP contribution in [0.4, 0.5) is 0 Å². The molecule has 1 amide bonds. The van der Waals surface area contributed by atoms with E-state index in [4.69, 9.17) is 4.74 Å². The number of aromatic nitrogens is 4. The average Bonchev–Trinajstić information content (AvgIpc) is 3.02. The summed E-state index contributed by atoms with van der Waals surface area (Å²) in [6.45, 7) is 0. The molecule has 0 fully saturated rings. The van der Waals surface area contributed by atoms with Gasteiger partial charge in [0.2, 0.25) is 11.1 Å². The Hall–Kier alpha value is -2.61. The van der Waals surface area contributed by atoms with Crippen LogP contribution in [0.5, 0.6) is 5.75 Å². The zero-order chi connectivity index (χ0) is 16.2. The fourth-order valence-corrected chi connectivity index (χ4v) is 2.74. The number of carbonyl (C=O) groups is 1. The van der Waals surface area contributed by atoms with Crippen LogP contribution in [-0.2, 0) is 4.79 Å². The predicted molar refractivity (Wildman–Crippen MR) is 87.6 cm³/mol. The molecule has 2 heterocycles. The molecule has 0 aliphatic rings. The summed E-state index contributed by atoms with van der Waals surface area (Å²) < 4.78 is 6.81. The van der Waals surface area contributed by atoms with Crippen molar-refractivity contribution in [3.8, 4) is 17.0 Å². The highest BCUT2D eigenvalue weighted by Crippen LogP contribution is 2.22. The monoisotopic (exact) mass is 329 g/mol. The van der Waals surface area contributed by atoms with Gasteiger partial charge in [-0.3, -0.25) is 4.79 Å². The molecular weight excluding hydrogens is 314 g/mol. The predicted octanol–water partition coefficient (Wildman–Crippen LogP) is 1.64. The highest BCUT2D eigenvalue weighted by molar-refractivity contribution is 7.99. The summed E-state index contributed by atoms with van der Waals surface area (Å²) in [4.78, 5) is 11.4. The highest BCUT2D eigenvalue weighted by Gasteiger charge is 2.11. The molecule has 0 atom stereocenters. The van der Waals surface area contributed by atoms with Crippen molar-refractivity contribution in [3.63, 3.8) is 0 Å². The van der Waals surface area contributed by atoms with E-state index in [1.807, 2.05) is 36.4 Å². The van der Waals surface area contributed by atoms with Crippen molar-refractivity contribution in [3.05, 3.63) is 36.4 Å². The lowest BCUT2D eigenvalue weighted by Gasteiger charge is -2.04. The van der Waals surface area contributed by atoms with Crippen LogP contribution in [0, 0.1) is 0 Å². The number of fused-ring (bicyclic) bond motifs is 1. The van der Waals surface area contributed by atoms with Crippen molar-refractivity contribution >= 4 is 23.3 Å². The number of ether oxygens (including phenoxy) is 1. The van der Waals surface area contributed by atoms with Gasteiger partial charge in [-0.25, -0.2) is 0 Å². The Kier molecular flexibility index (Phi) is 4.42. The van der Waals surface area contributed by atoms with Crippen molar-refractivity contribution in [1.29, 1.82) is 0 Å². The third kappa shape index (κ3) is 3.26. The summed E-state index contributed by atoms with van der Waals surface area (Å²) >= 11 is 1.29. The zero-order valence-electron chi connectivity index (χ0n) is 12.7. The van der Waals surface area contributed by atoms with E-state index in [0.717, 1.165) is 17.0 Å². The lowest BCUT2D eigenvalue weighted by Crippen LogP contribution is -2.19. The fraction of sp³-hybridized carbons (Fsp3) is 0.200. The lowest BCUT2D eigenvalue weighted by atomic mass is 10.1. The molecule has 0 saturated heterocycles. The first-order valence-electron chi connectivity index (χ1n) is 6.91. The van der Waals surface area contributed by atoms with Crippen molar-refractivity contribution in [2.75, 3.05) is 19.9 Å². The molecule has 3 rings (SSSR count). The Morgan fingerprint density at radius 2 is 2.00 bits per heavy atom. The minimum atomic E-state index is -0.0712. The standard InChI is InChI=1S/C15H15N5O2S/c1-16-14(21)9-23-15-18-17-13-8-7-12(19-20(13)15)10-3-5-11(22-2)6-4-10/h3-8H,9H2,1-2H3,(H,16,21). The van der Waals surface area contributed by atoms with E-state index < -0.39 is 0 Å². The second-order valence-electron chi connectivity index (χ2n) is 4.66. The summed E-state index contributed by atoms with van der Waals surface area (Å²) in [6, 6.07) is 11.4. The molecule has 0 bridgehead atoms. The van der Waals surface area contributed by atoms with Gasteiger partial charge in [-0.15, -0.1) is 10.2 Å². The first-order valence-corrected chi connectivity index (χ1v) is 7.90. The maximum Gasteiger partial charge on any atom is 0.230 e. The van der Waals surface area contributed by atoms with Gasteiger partial charge >= 0.3 is 0 Å². The molecule has 23 heavy (non-hydrogen) atoms. The van der Waals surface area contributed by atoms with Gasteiger partial charge in [-0.2, -0.15) is 9.61 Å². The molecule has 7 nitrogen and oxygen atoms in total. The Bertz CT molecular complexity index is 832. The highest BCUT2D eigenvalue weighted by atomic mass is 32.2. The third-order valence-corrected chi connectivity index (χ3v) is 4.15. The van der Waals surface area contributed by atoms with E-state index in [0.29, 0.717) is 10.8 Å². The first-order chi connectivity index (χ1) is 11.2. The van der Waals surface area contributed by atoms with Gasteiger partial charge in [0, 0.05) is 12.6 Å². The van der Waals surface area contributed by atoms with Crippen LogP contribution in [0.2, 0.25) is 0 Å². The third-order valence-electron chi connectivity index (χ3n) is 3.23. The van der Waals surface area contributed by atoms with Crippen molar-refractivity contribution < 1.29 is 9.53 Å². The van der Waals surface area contributed by atoms with E-state index >= 15 is 0 Å². The van der Waals surface area contributed by atoms with Crippen LogP contribution in [-0.4, -0.2) is 45.6 Å². The first kappa shape index (κ1) is 15.3. The van der Waals surface area contributed by atoms with E-state index in [2.05, 4.69) is 20.6 Å². The van der Waals surface area contributed by atoms with Crippen LogP contribution in [0.3, 0.4) is 0 Å². The molecule has 2 aromatic heterocycles. The Morgan fingerprint density at radius 3 is 2.70 bits per heavy atom. The molecule has 3 aromatic rings. The summed E-state index contributed by atoms with van der Waals surface area (Å²) in [7, 11) is 3.23. The van der Waals surface area contributed by atoms with Crippen molar-refractivity contribution in [1.82, 2.24) is 25.1 Å². The fourth-order valence-electron chi connectivity index (χ4n) is 1.98. The smallest absolute Gasteiger partial charge is 0.230 e. The molecule has 1 N–H and O–H groups in total. The summed E-state index contributed by atoms with van der Waals surface area (Å²) in [5, 5.41) is 15.9. The number of carbonyl (C=O) groups excluding carboxylic acids is 1. The molecule has 0 spiro atoms. The second kappa shape index (κ2) is 6.66. The van der Waals surface area contributed by atoms with Crippen LogP contribution >= 0.6 is 11.8 Å². The van der Waals surface area contributed by atoms with E-state index in [1.165, 1.54) is 11.8 Å². The maximum absolute atomic E-state index is 11.4. The molecule has 0 radical (unpaired) electrons. The topological polar surface area (TPSA) is 81.4 Å². The van der Waals surface area contributed by atoms with Crippen LogP contribution in [0.15, 0.2) is 41.6 Å². The molecule has 0 unspecified atom stereocenters. The van der Waals surface area contributed by atoms with E-state index in [9.17, 15) is 4.79 Å². The summed E-state index contributed by atoms with van der Waals surface area (Å²) in [6.07, 6.45) is 0. The summed E-state index contributed by atoms with van der Waals surface area (Å²) in [5.41, 5.74) is 2.40. The molecule has 0 saturated carbocycles. The second-order valence-corrected chi connectivity index (χ2v) is 5.60. The maximum atomic E-state index is 11.4. The number of methoxy groups -OCH3 is 1. The number of rotatable bonds is 5. The Morgan fingerprint density at radius 1 is 1.22 bits per heavy atom. The number of thioether (sulfide) groups is 1. The molecule has 8 heteroatoms. The SMILES string of the molecule is CNC(=O)CSc1nnc2ccc(-c3ccc(OC)cc3)nn12. The molecule has 1 aromatic carbocycles. The number of hydrogen-bond acceptors (Lipinski definition) is 6. The quantitative estimate of drug-likeness (QED) is 0.717. The molecule has 0 aliphatic carbocycles. The van der Waals surface area contributed by atoms with Gasteiger partial charge in [0.25, 0.3) is 0 Å². The normalized spacial score (nSPS) is 10.7. The number of nitrogens with zero attached hydrogens (tertiary/aromatic N) is 4. The average molecular weight is 329 g/mol. The Balaban J connectivity index is 1.91. The van der Waals surface area contributed by atoms with Crippen molar-refractivity contribution in [2.45, 2.75) is 5.16 Å². The van der Waals surface area contributed by atoms with Gasteiger partial charge in [0.15, 0.2) is 5.65 Å². The lowest BCUT2D eigenvalue weighted by molar-refractivity contribution is -0.118. The van der Waals surface area contributed by atoms with Crippen LogP contribution in [0.25, 0.3) is 16.9 Å². The van der Waals surface area contributed by atoms with Gasteiger partial charge in [-0.05, 0) is 36.4 Å². The minimum Gasteiger partial charge on any atom is -0.497 e. The van der Waals surface area contributed by atoms with Crippen LogP contribution < -0.4 is 10.1 Å². The van der Waals surface area contributed by atoms with Gasteiger partial charge in [0.05, 0.1) is 18.6 Å². The zero-order valence-corrected chi connectivity index (χ0v) is 13.5. The molecule has 118 valence electrons. The van der Waals surface area contributed by atoms with Gasteiger partial charge < -0.3 is 10.1 Å². The van der Waals surface area contributed by atoms with E-state index in [1.54, 1.807) is 18.7 Å². The number of nitrogens with one attached hydrogen (secondary N) is 1. The van der Waals surface area contributed by atoms with Gasteiger partial charge in [-0.1, -0.05) is 11.8 Å². The number of amides is 1. The largest absolute Gasteiger partial charge is 0.497 e. The number of hydrogen-bond donors (Lipinski definition) is 1. The van der Waals surface area contributed by atoms with Crippen molar-refractivity contribution in [2.24, 2.45) is 0 Å². The summed E-state index contributed by atoms with van der Waals surface area (Å²) in [5.74, 6) is 0.991. The van der Waals surface area contributed by atoms with Gasteiger partial charge in [0.1, 0.15) is 5.75 Å². The Labute approximate surface area is 137 Å². The molecule has 0 aliphatic heterocycles. The minimum absolute atomic E-state index is 0.0712. The number of benzene rings is 1. The van der Waals surface area contributed by atoms with Crippen LogP contribution in [0.1, 0.15) is 0 Å². The molecular formula is C15H15N5O2S. The van der Waals surface area contributed by atoms with E-state index in [-0.39, 0.29) is 11.7 Å².